The van der Waals surface area contributed by atoms with Crippen LogP contribution in [0.2, 0.25) is 0 Å². The first-order chi connectivity index (χ1) is 24.6. The number of carbonyl (C=O) groups excluding carboxylic acids is 1. The summed E-state index contributed by atoms with van der Waals surface area (Å²) >= 11 is 0. The molecule has 0 aliphatic heterocycles. The van der Waals surface area contributed by atoms with Gasteiger partial charge in [0.1, 0.15) is 0 Å². The van der Waals surface area contributed by atoms with E-state index in [1.54, 1.807) is 0 Å². The fourth-order valence-corrected chi connectivity index (χ4v) is 7.69. The molecule has 0 amide bonds. The van der Waals surface area contributed by atoms with Crippen LogP contribution in [0.15, 0.2) is 11.6 Å². The summed E-state index contributed by atoms with van der Waals surface area (Å²) in [6.07, 6.45) is 52.4. The molecule has 2 nitrogen and oxygen atoms in total. The van der Waals surface area contributed by atoms with Gasteiger partial charge in [-0.05, 0) is 38.0 Å². The van der Waals surface area contributed by atoms with Crippen LogP contribution in [0.3, 0.4) is 0 Å². The van der Waals surface area contributed by atoms with Crippen molar-refractivity contribution in [2.45, 2.75) is 272 Å². The predicted molar refractivity (Wildman–Crippen MR) is 225 cm³/mol. The van der Waals surface area contributed by atoms with Crippen molar-refractivity contribution in [2.24, 2.45) is 11.8 Å². The molecule has 0 spiro atoms. The van der Waals surface area contributed by atoms with Crippen LogP contribution in [0, 0.1) is 11.8 Å². The lowest BCUT2D eigenvalue weighted by Gasteiger charge is -2.18. The molecule has 0 saturated carbocycles. The molecule has 0 aromatic rings. The average Bonchev–Trinajstić information content (AvgIpc) is 3.12. The number of rotatable bonds is 41. The molecule has 0 rings (SSSR count). The zero-order valence-electron chi connectivity index (χ0n) is 35.4. The standard InChI is InChI=1S/C48H94O2/c1-6-10-14-18-22-25-26-29-33-37-41-47(40-36-32-28-24-20-16-12-8-3)44-50-48(49)45(5)42-43-46(38-34-30-21-17-13-9-4)39-35-31-27-23-19-15-11-7-2/h42,46-47H,6-41,43-44H2,1-5H3. The molecule has 0 fully saturated rings. The topological polar surface area (TPSA) is 26.3 Å². The minimum Gasteiger partial charge on any atom is -0.462 e. The lowest BCUT2D eigenvalue weighted by atomic mass is 9.90. The van der Waals surface area contributed by atoms with Gasteiger partial charge in [0.2, 0.25) is 0 Å². The Morgan fingerprint density at radius 1 is 0.400 bits per heavy atom. The van der Waals surface area contributed by atoms with Crippen LogP contribution in [-0.4, -0.2) is 12.6 Å². The number of esters is 1. The van der Waals surface area contributed by atoms with Gasteiger partial charge < -0.3 is 4.74 Å². The molecule has 0 saturated heterocycles. The van der Waals surface area contributed by atoms with Crippen molar-refractivity contribution in [3.05, 3.63) is 11.6 Å². The first-order valence-corrected chi connectivity index (χ1v) is 23.4. The van der Waals surface area contributed by atoms with Gasteiger partial charge in [-0.25, -0.2) is 4.79 Å². The van der Waals surface area contributed by atoms with Gasteiger partial charge in [-0.2, -0.15) is 0 Å². The summed E-state index contributed by atoms with van der Waals surface area (Å²) in [7, 11) is 0. The zero-order valence-corrected chi connectivity index (χ0v) is 35.4. The molecule has 0 radical (unpaired) electrons. The molecule has 0 aromatic heterocycles. The average molecular weight is 703 g/mol. The maximum atomic E-state index is 13.2. The van der Waals surface area contributed by atoms with Crippen molar-refractivity contribution in [1.29, 1.82) is 0 Å². The molecule has 0 heterocycles. The number of hydrogen-bond donors (Lipinski definition) is 0. The number of ether oxygens (including phenoxy) is 1. The Morgan fingerprint density at radius 3 is 0.960 bits per heavy atom. The third-order valence-electron chi connectivity index (χ3n) is 11.4. The molecular formula is C48H94O2. The Bertz CT molecular complexity index is 696. The van der Waals surface area contributed by atoms with Gasteiger partial charge in [0.15, 0.2) is 0 Å². The summed E-state index contributed by atoms with van der Waals surface area (Å²) < 4.78 is 6.05. The summed E-state index contributed by atoms with van der Waals surface area (Å²) in [5.41, 5.74) is 0.846. The van der Waals surface area contributed by atoms with Gasteiger partial charge >= 0.3 is 5.97 Å². The molecule has 2 atom stereocenters. The van der Waals surface area contributed by atoms with Crippen LogP contribution in [0.5, 0.6) is 0 Å². The lowest BCUT2D eigenvalue weighted by molar-refractivity contribution is -0.140. The Balaban J connectivity index is 4.77. The molecule has 0 bridgehead atoms. The van der Waals surface area contributed by atoms with Gasteiger partial charge in [-0.15, -0.1) is 0 Å². The van der Waals surface area contributed by atoms with Crippen molar-refractivity contribution in [2.75, 3.05) is 6.61 Å². The number of unbranched alkanes of at least 4 members (excludes halogenated alkanes) is 28. The van der Waals surface area contributed by atoms with E-state index < -0.39 is 0 Å². The maximum Gasteiger partial charge on any atom is 0.333 e. The van der Waals surface area contributed by atoms with E-state index in [2.05, 4.69) is 33.8 Å². The van der Waals surface area contributed by atoms with Crippen molar-refractivity contribution < 1.29 is 9.53 Å². The Kier molecular flexibility index (Phi) is 40.3. The third-order valence-corrected chi connectivity index (χ3v) is 11.4. The van der Waals surface area contributed by atoms with E-state index in [0.717, 1.165) is 17.9 Å². The summed E-state index contributed by atoms with van der Waals surface area (Å²) in [5.74, 6) is 1.19. The van der Waals surface area contributed by atoms with Crippen molar-refractivity contribution >= 4 is 5.97 Å². The van der Waals surface area contributed by atoms with E-state index in [1.165, 1.54) is 231 Å². The number of hydrogen-bond acceptors (Lipinski definition) is 2. The van der Waals surface area contributed by atoms with Crippen molar-refractivity contribution in [1.82, 2.24) is 0 Å². The second-order valence-corrected chi connectivity index (χ2v) is 16.5. The van der Waals surface area contributed by atoms with Crippen molar-refractivity contribution in [3.8, 4) is 0 Å². The van der Waals surface area contributed by atoms with Crippen molar-refractivity contribution in [3.63, 3.8) is 0 Å². The smallest absolute Gasteiger partial charge is 0.333 e. The maximum absolute atomic E-state index is 13.2. The summed E-state index contributed by atoms with van der Waals surface area (Å²) in [4.78, 5) is 13.2. The van der Waals surface area contributed by atoms with Gasteiger partial charge in [0.05, 0.1) is 6.61 Å². The predicted octanol–water partition coefficient (Wildman–Crippen LogP) is 17.2. The second kappa shape index (κ2) is 41.0. The van der Waals surface area contributed by atoms with Crippen LogP contribution < -0.4 is 0 Å². The molecule has 298 valence electrons. The van der Waals surface area contributed by atoms with Gasteiger partial charge in [0, 0.05) is 5.57 Å². The fourth-order valence-electron chi connectivity index (χ4n) is 7.69. The summed E-state index contributed by atoms with van der Waals surface area (Å²) in [6.45, 7) is 11.8. The van der Waals surface area contributed by atoms with Gasteiger partial charge in [-0.3, -0.25) is 0 Å². The molecule has 2 unspecified atom stereocenters. The third kappa shape index (κ3) is 35.6. The normalized spacial score (nSPS) is 13.2. The fraction of sp³-hybridized carbons (Fsp3) is 0.938. The summed E-state index contributed by atoms with van der Waals surface area (Å²) in [5, 5.41) is 0. The monoisotopic (exact) mass is 703 g/mol. The van der Waals surface area contributed by atoms with E-state index in [0.29, 0.717) is 12.5 Å². The quantitative estimate of drug-likeness (QED) is 0.0360. The highest BCUT2D eigenvalue weighted by Gasteiger charge is 2.15. The number of carbonyl (C=O) groups is 1. The van der Waals surface area contributed by atoms with Crippen LogP contribution in [-0.2, 0) is 9.53 Å². The number of allylic oxidation sites excluding steroid dienone is 1. The molecule has 0 N–H and O–H groups in total. The molecule has 50 heavy (non-hydrogen) atoms. The lowest BCUT2D eigenvalue weighted by Crippen LogP contribution is -2.15. The van der Waals surface area contributed by atoms with Crippen LogP contribution >= 0.6 is 0 Å². The minimum atomic E-state index is -0.0561. The van der Waals surface area contributed by atoms with E-state index in [9.17, 15) is 4.79 Å². The first kappa shape index (κ1) is 49.2. The Hall–Kier alpha value is -0.790. The zero-order chi connectivity index (χ0) is 36.6. The molecule has 0 aliphatic carbocycles. The largest absolute Gasteiger partial charge is 0.462 e. The van der Waals surface area contributed by atoms with E-state index >= 15 is 0 Å². The molecule has 2 heteroatoms. The van der Waals surface area contributed by atoms with Crippen LogP contribution in [0.4, 0.5) is 0 Å². The first-order valence-electron chi connectivity index (χ1n) is 23.4. The van der Waals surface area contributed by atoms with E-state index in [-0.39, 0.29) is 5.97 Å². The SMILES string of the molecule is CCCCCCCCCCCCC(CCCCCCCCCC)COC(=O)C(C)=CCC(CCCCCCCC)CCCCCCCCCC. The highest BCUT2D eigenvalue weighted by atomic mass is 16.5. The van der Waals surface area contributed by atoms with Crippen LogP contribution in [0.1, 0.15) is 272 Å². The Labute approximate surface area is 316 Å². The molecule has 0 aliphatic rings. The van der Waals surface area contributed by atoms with Gasteiger partial charge in [0.25, 0.3) is 0 Å². The van der Waals surface area contributed by atoms with E-state index in [4.69, 9.17) is 4.74 Å². The highest BCUT2D eigenvalue weighted by molar-refractivity contribution is 5.87. The highest BCUT2D eigenvalue weighted by Crippen LogP contribution is 2.25. The van der Waals surface area contributed by atoms with Crippen LogP contribution in [0.25, 0.3) is 0 Å². The van der Waals surface area contributed by atoms with Gasteiger partial charge in [-0.1, -0.05) is 252 Å². The molecule has 0 aromatic carbocycles. The summed E-state index contributed by atoms with van der Waals surface area (Å²) in [6, 6.07) is 0. The minimum absolute atomic E-state index is 0.0561. The Morgan fingerprint density at radius 2 is 0.660 bits per heavy atom. The second-order valence-electron chi connectivity index (χ2n) is 16.5. The van der Waals surface area contributed by atoms with E-state index in [1.807, 2.05) is 6.92 Å². The molecular weight excluding hydrogens is 609 g/mol.